The van der Waals surface area contributed by atoms with Gasteiger partial charge in [0.2, 0.25) is 0 Å². The second kappa shape index (κ2) is 7.85. The van der Waals surface area contributed by atoms with Crippen molar-refractivity contribution in [1.82, 2.24) is 9.78 Å². The molecule has 0 fully saturated rings. The van der Waals surface area contributed by atoms with Crippen LogP contribution in [0.5, 0.6) is 11.5 Å². The Hall–Kier alpha value is -2.77. The van der Waals surface area contributed by atoms with Gasteiger partial charge in [0.05, 0.1) is 6.54 Å². The molecule has 1 aliphatic heterocycles. The van der Waals surface area contributed by atoms with Gasteiger partial charge in [0.25, 0.3) is 0 Å². The number of anilines is 2. The number of aromatic nitrogens is 2. The number of hydrogen-bond donors (Lipinski definition) is 2. The molecule has 0 saturated carbocycles. The molecule has 0 radical (unpaired) electrons. The van der Waals surface area contributed by atoms with Crippen LogP contribution in [0.15, 0.2) is 54.7 Å². The van der Waals surface area contributed by atoms with Crippen molar-refractivity contribution in [3.63, 3.8) is 0 Å². The van der Waals surface area contributed by atoms with E-state index in [9.17, 15) is 0 Å². The van der Waals surface area contributed by atoms with Gasteiger partial charge >= 0.3 is 0 Å². The van der Waals surface area contributed by atoms with Crippen LogP contribution in [0, 0.1) is 0 Å². The highest BCUT2D eigenvalue weighted by atomic mass is 35.5. The second-order valence-electron chi connectivity index (χ2n) is 5.96. The third kappa shape index (κ3) is 4.50. The van der Waals surface area contributed by atoms with E-state index < -0.39 is 0 Å². The first-order valence-electron chi connectivity index (χ1n) is 8.41. The first-order valence-corrected chi connectivity index (χ1v) is 9.20. The molecule has 2 N–H and O–H groups in total. The molecule has 138 valence electrons. The highest BCUT2D eigenvalue weighted by Gasteiger charge is 2.12. The third-order valence-electron chi connectivity index (χ3n) is 3.94. The first-order chi connectivity index (χ1) is 13.2. The maximum atomic E-state index is 5.91. The maximum Gasteiger partial charge on any atom is 0.176 e. The lowest BCUT2D eigenvalue weighted by Crippen LogP contribution is -2.20. The van der Waals surface area contributed by atoms with Crippen molar-refractivity contribution in [3.8, 4) is 11.5 Å². The minimum atomic E-state index is 0.448. The zero-order chi connectivity index (χ0) is 18.6. The predicted molar refractivity (Wildman–Crippen MR) is 110 cm³/mol. The Labute approximate surface area is 167 Å². The topological polar surface area (TPSA) is 60.3 Å². The second-order valence-corrected chi connectivity index (χ2v) is 6.81. The van der Waals surface area contributed by atoms with Gasteiger partial charge in [-0.05, 0) is 42.0 Å². The summed E-state index contributed by atoms with van der Waals surface area (Å²) in [5.41, 5.74) is 1.93. The number of fused-ring (bicyclic) bond motifs is 1. The smallest absolute Gasteiger partial charge is 0.176 e. The van der Waals surface area contributed by atoms with Crippen molar-refractivity contribution >= 4 is 40.4 Å². The molecule has 0 spiro atoms. The molecule has 6 nitrogen and oxygen atoms in total. The molecule has 27 heavy (non-hydrogen) atoms. The molecule has 1 aromatic heterocycles. The van der Waals surface area contributed by atoms with Crippen LogP contribution < -0.4 is 20.1 Å². The van der Waals surface area contributed by atoms with Crippen molar-refractivity contribution in [2.24, 2.45) is 0 Å². The van der Waals surface area contributed by atoms with Gasteiger partial charge in [-0.15, -0.1) is 0 Å². The molecule has 2 aromatic carbocycles. The summed E-state index contributed by atoms with van der Waals surface area (Å²) in [6, 6.07) is 15.2. The van der Waals surface area contributed by atoms with E-state index in [0.29, 0.717) is 36.4 Å². The summed E-state index contributed by atoms with van der Waals surface area (Å²) in [5.74, 6) is 2.12. The molecular weight excluding hydrogens is 384 g/mol. The van der Waals surface area contributed by atoms with Gasteiger partial charge in [0, 0.05) is 29.0 Å². The van der Waals surface area contributed by atoms with Gasteiger partial charge in [0.15, 0.2) is 22.4 Å². The van der Waals surface area contributed by atoms with Crippen molar-refractivity contribution in [3.05, 3.63) is 65.3 Å². The highest BCUT2D eigenvalue weighted by Crippen LogP contribution is 2.32. The molecule has 0 aliphatic carbocycles. The molecule has 0 atom stereocenters. The SMILES string of the molecule is S=C(Nc1ccc2c(c1)OCCO2)Nc1ccn(Cc2ccc(Cl)cc2)n1. The van der Waals surface area contributed by atoms with Crippen LogP contribution in [0.4, 0.5) is 11.5 Å². The lowest BCUT2D eigenvalue weighted by Gasteiger charge is -2.19. The molecule has 2 heterocycles. The number of benzene rings is 2. The van der Waals surface area contributed by atoms with Gasteiger partial charge in [0.1, 0.15) is 13.2 Å². The van der Waals surface area contributed by atoms with Gasteiger partial charge in [-0.3, -0.25) is 4.68 Å². The molecule has 0 unspecified atom stereocenters. The van der Waals surface area contributed by atoms with Crippen molar-refractivity contribution < 1.29 is 9.47 Å². The van der Waals surface area contributed by atoms with E-state index in [1.165, 1.54) is 0 Å². The number of halogens is 1. The number of ether oxygens (including phenoxy) is 2. The fourth-order valence-electron chi connectivity index (χ4n) is 2.69. The fourth-order valence-corrected chi connectivity index (χ4v) is 3.04. The molecule has 0 bridgehead atoms. The van der Waals surface area contributed by atoms with Crippen LogP contribution in [0.1, 0.15) is 5.56 Å². The Kier molecular flexibility index (Phi) is 5.13. The summed E-state index contributed by atoms with van der Waals surface area (Å²) >= 11 is 11.3. The molecule has 3 aromatic rings. The number of rotatable bonds is 4. The minimum Gasteiger partial charge on any atom is -0.486 e. The Morgan fingerprint density at radius 1 is 1.04 bits per heavy atom. The summed E-state index contributed by atoms with van der Waals surface area (Å²) in [7, 11) is 0. The lowest BCUT2D eigenvalue weighted by molar-refractivity contribution is 0.171. The lowest BCUT2D eigenvalue weighted by atomic mass is 10.2. The summed E-state index contributed by atoms with van der Waals surface area (Å²) in [6.07, 6.45) is 1.89. The monoisotopic (exact) mass is 400 g/mol. The van der Waals surface area contributed by atoms with Crippen LogP contribution in [-0.4, -0.2) is 28.1 Å². The molecule has 1 aliphatic rings. The molecule has 4 rings (SSSR count). The number of thiocarbonyl (C=S) groups is 1. The van der Waals surface area contributed by atoms with Crippen LogP contribution in [-0.2, 0) is 6.54 Å². The van der Waals surface area contributed by atoms with Crippen molar-refractivity contribution in [2.45, 2.75) is 6.54 Å². The van der Waals surface area contributed by atoms with Crippen LogP contribution in [0.2, 0.25) is 5.02 Å². The normalized spacial score (nSPS) is 12.5. The molecule has 0 amide bonds. The Morgan fingerprint density at radius 2 is 1.81 bits per heavy atom. The zero-order valence-electron chi connectivity index (χ0n) is 14.3. The maximum absolute atomic E-state index is 5.91. The summed E-state index contributed by atoms with van der Waals surface area (Å²) in [4.78, 5) is 0. The number of nitrogens with one attached hydrogen (secondary N) is 2. The first kappa shape index (κ1) is 17.6. The minimum absolute atomic E-state index is 0.448. The average molecular weight is 401 g/mol. The highest BCUT2D eigenvalue weighted by molar-refractivity contribution is 7.80. The Bertz CT molecular complexity index is 959. The largest absolute Gasteiger partial charge is 0.486 e. The average Bonchev–Trinajstić information content (AvgIpc) is 3.10. The fraction of sp³-hybridized carbons (Fsp3) is 0.158. The quantitative estimate of drug-likeness (QED) is 0.641. The third-order valence-corrected chi connectivity index (χ3v) is 4.40. The van der Waals surface area contributed by atoms with E-state index in [-0.39, 0.29) is 0 Å². The zero-order valence-corrected chi connectivity index (χ0v) is 15.9. The van der Waals surface area contributed by atoms with Crippen LogP contribution in [0.25, 0.3) is 0 Å². The van der Waals surface area contributed by atoms with Gasteiger partial charge in [-0.2, -0.15) is 5.10 Å². The molecule has 8 heteroatoms. The summed E-state index contributed by atoms with van der Waals surface area (Å²) in [5, 5.41) is 11.9. The van der Waals surface area contributed by atoms with Crippen molar-refractivity contribution in [2.75, 3.05) is 23.8 Å². The predicted octanol–water partition coefficient (Wildman–Crippen LogP) is 4.16. The van der Waals surface area contributed by atoms with Gasteiger partial charge in [-0.1, -0.05) is 23.7 Å². The van der Waals surface area contributed by atoms with E-state index in [1.54, 1.807) is 0 Å². The van der Waals surface area contributed by atoms with E-state index >= 15 is 0 Å². The van der Waals surface area contributed by atoms with Gasteiger partial charge < -0.3 is 20.1 Å². The number of nitrogens with zero attached hydrogens (tertiary/aromatic N) is 2. The van der Waals surface area contributed by atoms with E-state index in [0.717, 1.165) is 22.0 Å². The van der Waals surface area contributed by atoms with E-state index in [4.69, 9.17) is 33.3 Å². The van der Waals surface area contributed by atoms with Gasteiger partial charge in [-0.25, -0.2) is 0 Å². The Morgan fingerprint density at radius 3 is 2.63 bits per heavy atom. The standard InChI is InChI=1S/C19H17ClN4O2S/c20-14-3-1-13(2-4-14)12-24-8-7-18(23-24)22-19(27)21-15-5-6-16-17(11-15)26-10-9-25-16/h1-8,11H,9-10,12H2,(H2,21,22,23,27). The number of hydrogen-bond acceptors (Lipinski definition) is 4. The van der Waals surface area contributed by atoms with E-state index in [1.807, 2.05) is 59.4 Å². The molecule has 0 saturated heterocycles. The summed E-state index contributed by atoms with van der Waals surface area (Å²) in [6.45, 7) is 1.77. The molecular formula is C19H17ClN4O2S. The van der Waals surface area contributed by atoms with Crippen LogP contribution in [0.3, 0.4) is 0 Å². The van der Waals surface area contributed by atoms with E-state index in [2.05, 4.69) is 15.7 Å². The van der Waals surface area contributed by atoms with Crippen molar-refractivity contribution in [1.29, 1.82) is 0 Å². The Balaban J connectivity index is 1.36. The summed E-state index contributed by atoms with van der Waals surface area (Å²) < 4.78 is 12.9. The van der Waals surface area contributed by atoms with Crippen LogP contribution >= 0.6 is 23.8 Å².